The molecule has 0 aromatic rings. The van der Waals surface area contributed by atoms with Crippen LogP contribution in [0.25, 0.3) is 0 Å². The summed E-state index contributed by atoms with van der Waals surface area (Å²) in [6.45, 7) is 9.30. The summed E-state index contributed by atoms with van der Waals surface area (Å²) >= 11 is 0. The van der Waals surface area contributed by atoms with Crippen LogP contribution in [0.4, 0.5) is 0 Å². The first-order valence-corrected chi connectivity index (χ1v) is 6.97. The second-order valence-electron chi connectivity index (χ2n) is 2.98. The molecule has 2 heteroatoms. The average Bonchev–Trinajstić information content (AvgIpc) is 2.06. The predicted molar refractivity (Wildman–Crippen MR) is 61.0 cm³/mol. The molecule has 0 radical (unpaired) electrons. The minimum Gasteiger partial charge on any atom is -0.127 e. The number of hydrogen-bond acceptors (Lipinski definition) is 0. The fourth-order valence-electron chi connectivity index (χ4n) is 1.55. The average molecular weight is 192 g/mol. The van der Waals surface area contributed by atoms with Crippen molar-refractivity contribution in [1.82, 2.24) is 0 Å². The zero-order valence-corrected chi connectivity index (χ0v) is 10.4. The van der Waals surface area contributed by atoms with Gasteiger partial charge in [-0.25, -0.2) is 0 Å². The first-order chi connectivity index (χ1) is 5.14. The maximum Gasteiger partial charge on any atom is 0.00439 e. The van der Waals surface area contributed by atoms with Crippen LogP contribution in [0.5, 0.6) is 0 Å². The van der Waals surface area contributed by atoms with E-state index in [1.165, 1.54) is 25.2 Å². The molecule has 1 unspecified atom stereocenters. The third kappa shape index (κ3) is 3.00. The van der Waals surface area contributed by atoms with Crippen LogP contribution in [0, 0.1) is 0 Å². The lowest BCUT2D eigenvalue weighted by molar-refractivity contribution is 0.723. The molecule has 1 atom stereocenters. The molecule has 0 aliphatic heterocycles. The van der Waals surface area contributed by atoms with Crippen molar-refractivity contribution in [2.75, 3.05) is 12.3 Å². The lowest BCUT2D eigenvalue weighted by Crippen LogP contribution is -2.17. The molecule has 0 rings (SSSR count). The van der Waals surface area contributed by atoms with Gasteiger partial charge in [0.1, 0.15) is 0 Å². The Labute approximate surface area is 75.5 Å². The van der Waals surface area contributed by atoms with Crippen molar-refractivity contribution in [2.45, 2.75) is 45.4 Å². The molecule has 0 fully saturated rings. The first kappa shape index (κ1) is 11.9. The predicted octanol–water partition coefficient (Wildman–Crippen LogP) is 3.90. The summed E-state index contributed by atoms with van der Waals surface area (Å²) in [7, 11) is 3.36. The molecular weight excluding hydrogens is 170 g/mol. The van der Waals surface area contributed by atoms with E-state index in [1.807, 2.05) is 0 Å². The van der Waals surface area contributed by atoms with Gasteiger partial charge in [-0.05, 0) is 25.2 Å². The number of hydrogen-bond donors (Lipinski definition) is 0. The molecule has 0 saturated heterocycles. The number of rotatable bonds is 5. The van der Waals surface area contributed by atoms with Crippen LogP contribution in [0.1, 0.15) is 40.5 Å². The Balaban J connectivity index is 4.19. The molecule has 0 saturated carbocycles. The monoisotopic (exact) mass is 192 g/mol. The smallest absolute Gasteiger partial charge is 0.00439 e. The van der Waals surface area contributed by atoms with Gasteiger partial charge >= 0.3 is 0 Å². The fourth-order valence-corrected chi connectivity index (χ4v) is 5.25. The van der Waals surface area contributed by atoms with Gasteiger partial charge in [-0.15, -0.1) is 9.24 Å². The van der Waals surface area contributed by atoms with Gasteiger partial charge in [0, 0.05) is 4.90 Å². The van der Waals surface area contributed by atoms with Gasteiger partial charge in [0.25, 0.3) is 0 Å². The van der Waals surface area contributed by atoms with Crippen molar-refractivity contribution in [2.24, 2.45) is 0 Å². The quantitative estimate of drug-likeness (QED) is 0.579. The largest absolute Gasteiger partial charge is 0.127 e. The zero-order chi connectivity index (χ0) is 8.91. The second kappa shape index (κ2) is 5.50. The normalized spacial score (nSPS) is 12.5. The van der Waals surface area contributed by atoms with Crippen molar-refractivity contribution >= 4 is 17.2 Å². The summed E-state index contributed by atoms with van der Waals surface area (Å²) in [5.41, 5.74) is 0. The minimum atomic E-state index is 0.261. The molecule has 0 aromatic heterocycles. The van der Waals surface area contributed by atoms with Crippen molar-refractivity contribution in [1.29, 1.82) is 0 Å². The van der Waals surface area contributed by atoms with E-state index in [4.69, 9.17) is 0 Å². The van der Waals surface area contributed by atoms with E-state index in [9.17, 15) is 0 Å². The molecule has 0 nitrogen and oxygen atoms in total. The van der Waals surface area contributed by atoms with Gasteiger partial charge < -0.3 is 0 Å². The Bertz CT molecular complexity index is 93.7. The Morgan fingerprint density at radius 2 is 1.36 bits per heavy atom. The van der Waals surface area contributed by atoms with Gasteiger partial charge in [-0.1, -0.05) is 35.6 Å². The third-order valence-electron chi connectivity index (χ3n) is 2.62. The minimum absolute atomic E-state index is 0.261. The molecule has 0 heterocycles. The summed E-state index contributed by atoms with van der Waals surface area (Å²) in [4.78, 5) is 0.582. The SMILES string of the molecule is CCP(CC)C(P)(CC)CC. The van der Waals surface area contributed by atoms with Crippen molar-refractivity contribution in [3.05, 3.63) is 0 Å². The van der Waals surface area contributed by atoms with Gasteiger partial charge in [-0.2, -0.15) is 0 Å². The molecule has 0 amide bonds. The van der Waals surface area contributed by atoms with Crippen LogP contribution < -0.4 is 0 Å². The van der Waals surface area contributed by atoms with Crippen LogP contribution in [-0.4, -0.2) is 17.2 Å². The van der Waals surface area contributed by atoms with E-state index in [1.54, 1.807) is 0 Å². The lowest BCUT2D eigenvalue weighted by atomic mass is 10.2. The Hall–Kier alpha value is 0.860. The van der Waals surface area contributed by atoms with Gasteiger partial charge in [-0.3, -0.25) is 0 Å². The molecule has 0 spiro atoms. The second-order valence-corrected chi connectivity index (χ2v) is 7.81. The molecule has 11 heavy (non-hydrogen) atoms. The maximum atomic E-state index is 3.10. The molecule has 0 aliphatic rings. The molecular formula is C9H22P2. The van der Waals surface area contributed by atoms with Gasteiger partial charge in [0.15, 0.2) is 0 Å². The summed E-state index contributed by atoms with van der Waals surface area (Å²) in [5.74, 6) is 0. The summed E-state index contributed by atoms with van der Waals surface area (Å²) in [6.07, 6.45) is 5.41. The Morgan fingerprint density at radius 3 is 1.45 bits per heavy atom. The summed E-state index contributed by atoms with van der Waals surface area (Å²) in [6, 6.07) is 0. The van der Waals surface area contributed by atoms with Crippen molar-refractivity contribution < 1.29 is 0 Å². The van der Waals surface area contributed by atoms with E-state index in [0.717, 1.165) is 0 Å². The van der Waals surface area contributed by atoms with Crippen LogP contribution in [-0.2, 0) is 0 Å². The lowest BCUT2D eigenvalue weighted by Gasteiger charge is -2.35. The van der Waals surface area contributed by atoms with Crippen molar-refractivity contribution in [3.8, 4) is 0 Å². The highest BCUT2D eigenvalue weighted by Crippen LogP contribution is 2.57. The summed E-state index contributed by atoms with van der Waals surface area (Å²) < 4.78 is 0. The van der Waals surface area contributed by atoms with E-state index in [2.05, 4.69) is 36.9 Å². The van der Waals surface area contributed by atoms with Crippen molar-refractivity contribution in [3.63, 3.8) is 0 Å². The van der Waals surface area contributed by atoms with Gasteiger partial charge in [0.05, 0.1) is 0 Å². The molecule has 68 valence electrons. The van der Waals surface area contributed by atoms with E-state index in [-0.39, 0.29) is 7.92 Å². The van der Waals surface area contributed by atoms with E-state index in [0.29, 0.717) is 4.90 Å². The Morgan fingerprint density at radius 1 is 1.00 bits per heavy atom. The highest BCUT2D eigenvalue weighted by molar-refractivity contribution is 7.66. The first-order valence-electron chi connectivity index (χ1n) is 4.68. The van der Waals surface area contributed by atoms with E-state index < -0.39 is 0 Å². The van der Waals surface area contributed by atoms with Crippen LogP contribution in [0.2, 0.25) is 0 Å². The van der Waals surface area contributed by atoms with Crippen LogP contribution in [0.3, 0.4) is 0 Å². The standard InChI is InChI=1S/C9H22P2/c1-5-9(10,6-2)11(7-3)8-4/h5-8,10H2,1-4H3. The van der Waals surface area contributed by atoms with Gasteiger partial charge in [0.2, 0.25) is 0 Å². The maximum absolute atomic E-state index is 3.10. The summed E-state index contributed by atoms with van der Waals surface area (Å²) in [5, 5.41) is 0. The highest BCUT2D eigenvalue weighted by atomic mass is 31.2. The Kier molecular flexibility index (Phi) is 5.93. The molecule has 0 bridgehead atoms. The van der Waals surface area contributed by atoms with Crippen LogP contribution in [0.15, 0.2) is 0 Å². The molecule has 0 aliphatic carbocycles. The molecule has 0 aromatic carbocycles. The van der Waals surface area contributed by atoms with E-state index >= 15 is 0 Å². The molecule has 0 N–H and O–H groups in total. The highest BCUT2D eigenvalue weighted by Gasteiger charge is 2.27. The third-order valence-corrected chi connectivity index (χ3v) is 7.95. The topological polar surface area (TPSA) is 0 Å². The zero-order valence-electron chi connectivity index (χ0n) is 8.35. The fraction of sp³-hybridized carbons (Fsp3) is 1.00. The van der Waals surface area contributed by atoms with Crippen LogP contribution >= 0.6 is 17.2 Å².